The third-order valence-corrected chi connectivity index (χ3v) is 4.70. The molecule has 0 aliphatic carbocycles. The first-order chi connectivity index (χ1) is 15.9. The minimum atomic E-state index is -0.945. The summed E-state index contributed by atoms with van der Waals surface area (Å²) in [5, 5.41) is 6.78. The Labute approximate surface area is 199 Å². The Morgan fingerprint density at radius 2 is 1.67 bits per heavy atom. The molecule has 3 rings (SSSR count). The molecule has 0 aromatic heterocycles. The Bertz CT molecular complexity index is 1210. The Hall–Kier alpha value is -3.88. The van der Waals surface area contributed by atoms with Gasteiger partial charge in [0.25, 0.3) is 0 Å². The molecule has 0 saturated heterocycles. The van der Waals surface area contributed by atoms with Gasteiger partial charge >= 0.3 is 17.8 Å². The van der Waals surface area contributed by atoms with Crippen LogP contribution in [0.25, 0.3) is 0 Å². The predicted molar refractivity (Wildman–Crippen MR) is 125 cm³/mol. The van der Waals surface area contributed by atoms with Crippen molar-refractivity contribution in [2.45, 2.75) is 0 Å². The number of ether oxygens (including phenoxy) is 2. The van der Waals surface area contributed by atoms with Crippen LogP contribution in [-0.4, -0.2) is 31.1 Å². The number of rotatable bonds is 6. The summed E-state index contributed by atoms with van der Waals surface area (Å²) in [4.78, 5) is 36.1. The topological polar surface area (TPSA) is 106 Å². The van der Waals surface area contributed by atoms with Crippen molar-refractivity contribution in [2.75, 3.05) is 12.4 Å². The summed E-state index contributed by atoms with van der Waals surface area (Å²) in [6.45, 7) is 0. The number of hydrogen-bond acceptors (Lipinski definition) is 6. The molecule has 168 valence electrons. The number of nitrogens with one attached hydrogen (secondary N) is 2. The van der Waals surface area contributed by atoms with E-state index in [9.17, 15) is 14.4 Å². The third-order valence-electron chi connectivity index (χ3n) is 4.16. The van der Waals surface area contributed by atoms with Gasteiger partial charge in [-0.05, 0) is 60.2 Å². The van der Waals surface area contributed by atoms with Crippen LogP contribution in [0, 0.1) is 0 Å². The van der Waals surface area contributed by atoms with Crippen LogP contribution in [0.3, 0.4) is 0 Å². The maximum atomic E-state index is 12.2. The molecule has 0 saturated carbocycles. The van der Waals surface area contributed by atoms with E-state index in [1.54, 1.807) is 48.5 Å². The fourth-order valence-electron chi connectivity index (χ4n) is 2.54. The fourth-order valence-corrected chi connectivity index (χ4v) is 3.03. The van der Waals surface area contributed by atoms with Crippen molar-refractivity contribution in [3.8, 4) is 11.5 Å². The Morgan fingerprint density at radius 3 is 2.36 bits per heavy atom. The summed E-state index contributed by atoms with van der Waals surface area (Å²) >= 11 is 11.8. The SMILES string of the molecule is COc1cccc(NC(=O)C(=O)NN=Cc2ccc(OC(=O)c3ccc(Cl)cc3Cl)cc2)c1. The maximum Gasteiger partial charge on any atom is 0.345 e. The number of methoxy groups -OCH3 is 1. The molecular weight excluding hydrogens is 469 g/mol. The number of hydrazone groups is 1. The van der Waals surface area contributed by atoms with Gasteiger partial charge < -0.3 is 14.8 Å². The molecule has 33 heavy (non-hydrogen) atoms. The highest BCUT2D eigenvalue weighted by Gasteiger charge is 2.14. The van der Waals surface area contributed by atoms with Gasteiger partial charge in [-0.15, -0.1) is 0 Å². The van der Waals surface area contributed by atoms with Gasteiger partial charge in [-0.1, -0.05) is 29.3 Å². The van der Waals surface area contributed by atoms with Gasteiger partial charge in [0.15, 0.2) is 0 Å². The largest absolute Gasteiger partial charge is 0.497 e. The van der Waals surface area contributed by atoms with E-state index in [1.165, 1.54) is 31.5 Å². The van der Waals surface area contributed by atoms with Crippen molar-refractivity contribution in [2.24, 2.45) is 5.10 Å². The summed E-state index contributed by atoms with van der Waals surface area (Å²) in [7, 11) is 1.49. The van der Waals surface area contributed by atoms with Crippen LogP contribution in [0.5, 0.6) is 11.5 Å². The standard InChI is InChI=1S/C23H17Cl2N3O5/c1-32-18-4-2-3-16(12-18)27-21(29)22(30)28-26-13-14-5-8-17(9-6-14)33-23(31)19-10-7-15(24)11-20(19)25/h2-13H,1H3,(H,27,29)(H,28,30). The monoisotopic (exact) mass is 485 g/mol. The highest BCUT2D eigenvalue weighted by molar-refractivity contribution is 6.39. The normalized spacial score (nSPS) is 10.5. The van der Waals surface area contributed by atoms with Gasteiger partial charge in [-0.3, -0.25) is 9.59 Å². The smallest absolute Gasteiger partial charge is 0.345 e. The zero-order chi connectivity index (χ0) is 23.8. The van der Waals surface area contributed by atoms with Crippen LogP contribution < -0.4 is 20.2 Å². The van der Waals surface area contributed by atoms with E-state index < -0.39 is 17.8 Å². The van der Waals surface area contributed by atoms with Crippen LogP contribution in [0.15, 0.2) is 71.8 Å². The zero-order valence-electron chi connectivity index (χ0n) is 17.2. The van der Waals surface area contributed by atoms with Crippen LogP contribution in [0.1, 0.15) is 15.9 Å². The van der Waals surface area contributed by atoms with Crippen LogP contribution in [-0.2, 0) is 9.59 Å². The number of nitrogens with zero attached hydrogens (tertiary/aromatic N) is 1. The molecule has 8 nitrogen and oxygen atoms in total. The second kappa shape index (κ2) is 11.1. The molecule has 0 unspecified atom stereocenters. The highest BCUT2D eigenvalue weighted by Crippen LogP contribution is 2.23. The van der Waals surface area contributed by atoms with E-state index in [-0.39, 0.29) is 16.3 Å². The Kier molecular flexibility index (Phi) is 8.01. The van der Waals surface area contributed by atoms with Gasteiger partial charge in [0.05, 0.1) is 23.9 Å². The summed E-state index contributed by atoms with van der Waals surface area (Å²) in [5.74, 6) is -1.64. The van der Waals surface area contributed by atoms with Gasteiger partial charge in [0.1, 0.15) is 11.5 Å². The van der Waals surface area contributed by atoms with E-state index in [0.29, 0.717) is 22.0 Å². The first-order valence-electron chi connectivity index (χ1n) is 9.41. The molecular formula is C23H17Cl2N3O5. The first kappa shape index (κ1) is 23.8. The van der Waals surface area contributed by atoms with E-state index in [0.717, 1.165) is 0 Å². The lowest BCUT2D eigenvalue weighted by atomic mass is 10.2. The molecule has 0 aliphatic rings. The number of esters is 1. The first-order valence-corrected chi connectivity index (χ1v) is 10.2. The van der Waals surface area contributed by atoms with Crippen molar-refractivity contribution in [3.05, 3.63) is 87.9 Å². The van der Waals surface area contributed by atoms with Gasteiger partial charge in [0.2, 0.25) is 0 Å². The fraction of sp³-hybridized carbons (Fsp3) is 0.0435. The Morgan fingerprint density at radius 1 is 0.909 bits per heavy atom. The van der Waals surface area contributed by atoms with Crippen LogP contribution in [0.2, 0.25) is 10.0 Å². The van der Waals surface area contributed by atoms with E-state index in [1.807, 2.05) is 0 Å². The Balaban J connectivity index is 1.52. The van der Waals surface area contributed by atoms with Crippen LogP contribution in [0.4, 0.5) is 5.69 Å². The molecule has 0 radical (unpaired) electrons. The molecule has 2 N–H and O–H groups in total. The lowest BCUT2D eigenvalue weighted by Crippen LogP contribution is -2.32. The average Bonchev–Trinajstić information content (AvgIpc) is 2.80. The lowest BCUT2D eigenvalue weighted by molar-refractivity contribution is -0.136. The van der Waals surface area contributed by atoms with Gasteiger partial charge in [-0.2, -0.15) is 5.10 Å². The number of anilines is 1. The van der Waals surface area contributed by atoms with Gasteiger partial charge in [0, 0.05) is 16.8 Å². The molecule has 2 amide bonds. The molecule has 0 fully saturated rings. The molecule has 3 aromatic rings. The number of carbonyl (C=O) groups excluding carboxylic acids is 3. The maximum absolute atomic E-state index is 12.2. The van der Waals surface area contributed by atoms with Crippen molar-refractivity contribution >= 4 is 52.9 Å². The van der Waals surface area contributed by atoms with Crippen molar-refractivity contribution < 1.29 is 23.9 Å². The summed E-state index contributed by atoms with van der Waals surface area (Å²) in [6, 6.07) is 17.3. The zero-order valence-corrected chi connectivity index (χ0v) is 18.7. The molecule has 0 heterocycles. The minimum absolute atomic E-state index is 0.182. The molecule has 0 spiro atoms. The molecule has 0 bridgehead atoms. The van der Waals surface area contributed by atoms with E-state index >= 15 is 0 Å². The molecule has 3 aromatic carbocycles. The molecule has 0 aliphatic heterocycles. The van der Waals surface area contributed by atoms with Crippen LogP contribution >= 0.6 is 23.2 Å². The summed E-state index contributed by atoms with van der Waals surface area (Å²) < 4.78 is 10.3. The van der Waals surface area contributed by atoms with Gasteiger partial charge in [-0.25, -0.2) is 10.2 Å². The summed E-state index contributed by atoms with van der Waals surface area (Å²) in [6.07, 6.45) is 1.33. The number of amides is 2. The number of carbonyl (C=O) groups is 3. The number of benzene rings is 3. The van der Waals surface area contributed by atoms with Crippen molar-refractivity contribution in [3.63, 3.8) is 0 Å². The highest BCUT2D eigenvalue weighted by atomic mass is 35.5. The molecule has 0 atom stereocenters. The second-order valence-electron chi connectivity index (χ2n) is 6.47. The average molecular weight is 486 g/mol. The predicted octanol–water partition coefficient (Wildman–Crippen LogP) is 4.31. The number of halogens is 2. The third kappa shape index (κ3) is 6.80. The second-order valence-corrected chi connectivity index (χ2v) is 7.31. The van der Waals surface area contributed by atoms with Crippen molar-refractivity contribution in [1.29, 1.82) is 0 Å². The summed E-state index contributed by atoms with van der Waals surface area (Å²) in [5.41, 5.74) is 3.31. The van der Waals surface area contributed by atoms with E-state index in [4.69, 9.17) is 32.7 Å². The number of hydrogen-bond donors (Lipinski definition) is 2. The molecule has 10 heteroatoms. The lowest BCUT2D eigenvalue weighted by Gasteiger charge is -2.06. The quantitative estimate of drug-likeness (QED) is 0.178. The minimum Gasteiger partial charge on any atom is -0.497 e. The van der Waals surface area contributed by atoms with Crippen molar-refractivity contribution in [1.82, 2.24) is 5.43 Å². The van der Waals surface area contributed by atoms with E-state index in [2.05, 4.69) is 15.8 Å².